The zero-order chi connectivity index (χ0) is 14.4. The van der Waals surface area contributed by atoms with Crippen molar-refractivity contribution in [2.75, 3.05) is 6.54 Å². The SMILES string of the molecule is CCC(CC(=O)O)NC(=O)CCNC(=O)C1CC1C. The van der Waals surface area contributed by atoms with Crippen molar-refractivity contribution in [2.45, 2.75) is 45.6 Å². The summed E-state index contributed by atoms with van der Waals surface area (Å²) in [6, 6.07) is -0.343. The van der Waals surface area contributed by atoms with E-state index in [4.69, 9.17) is 5.11 Å². The predicted octanol–water partition coefficient (Wildman–Crippen LogP) is 0.518. The Morgan fingerprint density at radius 2 is 2.00 bits per heavy atom. The van der Waals surface area contributed by atoms with Crippen molar-refractivity contribution in [3.8, 4) is 0 Å². The third-order valence-electron chi connectivity index (χ3n) is 3.38. The molecule has 3 unspecified atom stereocenters. The molecule has 0 aromatic rings. The van der Waals surface area contributed by atoms with Crippen LogP contribution in [0.2, 0.25) is 0 Å². The monoisotopic (exact) mass is 270 g/mol. The van der Waals surface area contributed by atoms with E-state index < -0.39 is 5.97 Å². The Kier molecular flexibility index (Phi) is 5.79. The second-order valence-electron chi connectivity index (χ2n) is 5.13. The number of carbonyl (C=O) groups excluding carboxylic acids is 2. The fraction of sp³-hybridized carbons (Fsp3) is 0.769. The van der Waals surface area contributed by atoms with Gasteiger partial charge in [-0.2, -0.15) is 0 Å². The van der Waals surface area contributed by atoms with Crippen LogP contribution in [-0.2, 0) is 14.4 Å². The number of hydrogen-bond donors (Lipinski definition) is 3. The molecule has 0 spiro atoms. The molecular formula is C13H22N2O4. The van der Waals surface area contributed by atoms with Crippen LogP contribution in [-0.4, -0.2) is 35.5 Å². The van der Waals surface area contributed by atoms with Crippen molar-refractivity contribution in [2.24, 2.45) is 11.8 Å². The summed E-state index contributed by atoms with van der Waals surface area (Å²) in [4.78, 5) is 33.6. The molecule has 1 saturated carbocycles. The van der Waals surface area contributed by atoms with Crippen molar-refractivity contribution < 1.29 is 19.5 Å². The minimum absolute atomic E-state index is 0.0119. The Labute approximate surface area is 112 Å². The Balaban J connectivity index is 2.16. The van der Waals surface area contributed by atoms with E-state index in [2.05, 4.69) is 10.6 Å². The van der Waals surface area contributed by atoms with Crippen molar-refractivity contribution in [1.29, 1.82) is 0 Å². The van der Waals surface area contributed by atoms with Crippen LogP contribution in [0.4, 0.5) is 0 Å². The normalized spacial score (nSPS) is 22.4. The van der Waals surface area contributed by atoms with E-state index >= 15 is 0 Å². The summed E-state index contributed by atoms with van der Waals surface area (Å²) in [6.07, 6.45) is 1.61. The van der Waals surface area contributed by atoms with Gasteiger partial charge in [0.15, 0.2) is 0 Å². The zero-order valence-electron chi connectivity index (χ0n) is 11.4. The predicted molar refractivity (Wildman–Crippen MR) is 69.4 cm³/mol. The molecule has 2 amide bonds. The second kappa shape index (κ2) is 7.11. The summed E-state index contributed by atoms with van der Waals surface area (Å²) in [5, 5.41) is 14.0. The maximum Gasteiger partial charge on any atom is 0.305 e. The molecule has 0 radical (unpaired) electrons. The van der Waals surface area contributed by atoms with Crippen molar-refractivity contribution in [1.82, 2.24) is 10.6 Å². The van der Waals surface area contributed by atoms with Crippen LogP contribution in [0.25, 0.3) is 0 Å². The van der Waals surface area contributed by atoms with E-state index in [9.17, 15) is 14.4 Å². The molecule has 0 saturated heterocycles. The lowest BCUT2D eigenvalue weighted by molar-refractivity contribution is -0.137. The average Bonchev–Trinajstić information content (AvgIpc) is 3.04. The standard InChI is InChI=1S/C13H22N2O4/c1-3-9(7-12(17)18)15-11(16)4-5-14-13(19)10-6-8(10)2/h8-10H,3-7H2,1-2H3,(H,14,19)(H,15,16)(H,17,18). The van der Waals surface area contributed by atoms with E-state index in [1.165, 1.54) is 0 Å². The first-order valence-corrected chi connectivity index (χ1v) is 6.72. The van der Waals surface area contributed by atoms with Crippen LogP contribution in [0.3, 0.4) is 0 Å². The molecule has 108 valence electrons. The minimum Gasteiger partial charge on any atom is -0.481 e. The highest BCUT2D eigenvalue weighted by Gasteiger charge is 2.38. The van der Waals surface area contributed by atoms with Gasteiger partial charge >= 0.3 is 5.97 Å². The van der Waals surface area contributed by atoms with Gasteiger partial charge in [0.05, 0.1) is 6.42 Å². The van der Waals surface area contributed by atoms with Gasteiger partial charge in [-0.15, -0.1) is 0 Å². The smallest absolute Gasteiger partial charge is 0.305 e. The topological polar surface area (TPSA) is 95.5 Å². The van der Waals surface area contributed by atoms with Gasteiger partial charge in [-0.3, -0.25) is 14.4 Å². The summed E-state index contributed by atoms with van der Waals surface area (Å²) in [5.74, 6) is -0.578. The quantitative estimate of drug-likeness (QED) is 0.599. The molecular weight excluding hydrogens is 248 g/mol. The van der Waals surface area contributed by atoms with Gasteiger partial charge in [-0.05, 0) is 18.8 Å². The first kappa shape index (κ1) is 15.5. The zero-order valence-corrected chi connectivity index (χ0v) is 11.4. The van der Waals surface area contributed by atoms with E-state index in [0.29, 0.717) is 18.9 Å². The highest BCUT2D eigenvalue weighted by atomic mass is 16.4. The van der Waals surface area contributed by atoms with E-state index in [0.717, 1.165) is 6.42 Å². The Morgan fingerprint density at radius 3 is 2.47 bits per heavy atom. The van der Waals surface area contributed by atoms with Gasteiger partial charge in [0.25, 0.3) is 0 Å². The molecule has 1 aliphatic rings. The minimum atomic E-state index is -0.928. The lowest BCUT2D eigenvalue weighted by Gasteiger charge is -2.14. The van der Waals surface area contributed by atoms with Crippen molar-refractivity contribution >= 4 is 17.8 Å². The molecule has 1 rings (SSSR count). The fourth-order valence-electron chi connectivity index (χ4n) is 1.93. The molecule has 3 atom stereocenters. The molecule has 1 fully saturated rings. The number of rotatable bonds is 8. The van der Waals surface area contributed by atoms with Gasteiger partial charge in [0.2, 0.25) is 11.8 Å². The number of carboxylic acids is 1. The third-order valence-corrected chi connectivity index (χ3v) is 3.38. The van der Waals surface area contributed by atoms with Gasteiger partial charge in [-0.1, -0.05) is 13.8 Å². The van der Waals surface area contributed by atoms with Gasteiger partial charge in [0, 0.05) is 24.9 Å². The highest BCUT2D eigenvalue weighted by Crippen LogP contribution is 2.37. The van der Waals surface area contributed by atoms with E-state index in [1.807, 2.05) is 13.8 Å². The first-order chi connectivity index (χ1) is 8.93. The van der Waals surface area contributed by atoms with Crippen LogP contribution in [0.1, 0.15) is 39.5 Å². The number of carbonyl (C=O) groups is 3. The Bertz CT molecular complexity index is 357. The molecule has 0 bridgehead atoms. The maximum absolute atomic E-state index is 11.6. The number of amides is 2. The molecule has 0 aliphatic heterocycles. The summed E-state index contributed by atoms with van der Waals surface area (Å²) >= 11 is 0. The number of nitrogens with one attached hydrogen (secondary N) is 2. The average molecular weight is 270 g/mol. The molecule has 6 nitrogen and oxygen atoms in total. The van der Waals surface area contributed by atoms with Gasteiger partial charge < -0.3 is 15.7 Å². The number of hydrogen-bond acceptors (Lipinski definition) is 3. The van der Waals surface area contributed by atoms with Crippen LogP contribution < -0.4 is 10.6 Å². The summed E-state index contributed by atoms with van der Waals surface area (Å²) in [6.45, 7) is 4.15. The summed E-state index contributed by atoms with van der Waals surface area (Å²) in [7, 11) is 0. The lowest BCUT2D eigenvalue weighted by Crippen LogP contribution is -2.38. The fourth-order valence-corrected chi connectivity index (χ4v) is 1.93. The lowest BCUT2D eigenvalue weighted by atomic mass is 10.1. The number of carboxylic acid groups (broad SMARTS) is 1. The molecule has 0 heterocycles. The van der Waals surface area contributed by atoms with Crippen LogP contribution in [0, 0.1) is 11.8 Å². The van der Waals surface area contributed by atoms with E-state index in [1.54, 1.807) is 0 Å². The number of aliphatic carboxylic acids is 1. The first-order valence-electron chi connectivity index (χ1n) is 6.72. The highest BCUT2D eigenvalue weighted by molar-refractivity contribution is 5.82. The van der Waals surface area contributed by atoms with Gasteiger partial charge in [0.1, 0.15) is 0 Å². The van der Waals surface area contributed by atoms with Crippen LogP contribution >= 0.6 is 0 Å². The molecule has 6 heteroatoms. The van der Waals surface area contributed by atoms with E-state index in [-0.39, 0.29) is 36.6 Å². The maximum atomic E-state index is 11.6. The Hall–Kier alpha value is -1.59. The molecule has 1 aliphatic carbocycles. The largest absolute Gasteiger partial charge is 0.481 e. The van der Waals surface area contributed by atoms with Crippen molar-refractivity contribution in [3.63, 3.8) is 0 Å². The summed E-state index contributed by atoms with van der Waals surface area (Å²) in [5.41, 5.74) is 0. The molecule has 0 aromatic carbocycles. The molecule has 3 N–H and O–H groups in total. The third kappa shape index (κ3) is 5.72. The van der Waals surface area contributed by atoms with Crippen LogP contribution in [0.15, 0.2) is 0 Å². The second-order valence-corrected chi connectivity index (χ2v) is 5.13. The van der Waals surface area contributed by atoms with Crippen LogP contribution in [0.5, 0.6) is 0 Å². The molecule has 0 aromatic heterocycles. The van der Waals surface area contributed by atoms with Crippen molar-refractivity contribution in [3.05, 3.63) is 0 Å². The Morgan fingerprint density at radius 1 is 1.37 bits per heavy atom. The molecule has 19 heavy (non-hydrogen) atoms. The summed E-state index contributed by atoms with van der Waals surface area (Å²) < 4.78 is 0. The van der Waals surface area contributed by atoms with Gasteiger partial charge in [-0.25, -0.2) is 0 Å².